The van der Waals surface area contributed by atoms with Crippen LogP contribution in [0.3, 0.4) is 0 Å². The van der Waals surface area contributed by atoms with Crippen molar-refractivity contribution in [2.45, 2.75) is 41.2 Å². The Balaban J connectivity index is 1.70. The average molecular weight is 718 g/mol. The first kappa shape index (κ1) is 35.4. The van der Waals surface area contributed by atoms with E-state index in [0.717, 1.165) is 0 Å². The summed E-state index contributed by atoms with van der Waals surface area (Å²) < 4.78 is 129. The third kappa shape index (κ3) is 10.5. The number of rotatable bonds is 16. The monoisotopic (exact) mass is 717 g/mol. The molecule has 0 fully saturated rings. The van der Waals surface area contributed by atoms with Crippen molar-refractivity contribution in [3.8, 4) is 0 Å². The second-order valence-electron chi connectivity index (χ2n) is 8.87. The molecule has 2 heterocycles. The van der Waals surface area contributed by atoms with Crippen molar-refractivity contribution in [2.24, 2.45) is 10.2 Å². The number of thioether (sulfide) groups is 1. The lowest BCUT2D eigenvalue weighted by Crippen LogP contribution is -2.22. The van der Waals surface area contributed by atoms with Crippen LogP contribution < -0.4 is 10.0 Å². The number of unbranched alkanes of at least 4 members (excludes halogenated alkanes) is 1. The molecule has 44 heavy (non-hydrogen) atoms. The minimum atomic E-state index is -4.95. The highest BCUT2D eigenvalue weighted by atomic mass is 32.2. The van der Waals surface area contributed by atoms with Gasteiger partial charge in [-0.3, -0.25) is 18.4 Å². The Hall–Kier alpha value is -3.13. The zero-order valence-electron chi connectivity index (χ0n) is 22.8. The van der Waals surface area contributed by atoms with Gasteiger partial charge in [-0.2, -0.15) is 30.4 Å². The van der Waals surface area contributed by atoms with Crippen LogP contribution >= 0.6 is 11.8 Å². The molecule has 0 amide bonds. The standard InChI is InChI=1S/C20H27N7O12S5/c1-13-19(23-22-17-12-18(39-25-17)40-6-3-4-7-42(30,31)32)20(21-2)27(24-13)5-8-41(28,29)26-14-9-15(43(33,34)35)11-16(10-14)44(36,37)38/h9-12,21,26H,3-8H2,1-2H3,(H,30,31,32)(H,33,34,35)(H,36,37,38). The maximum Gasteiger partial charge on any atom is 0.294 e. The number of aryl methyl sites for hydroxylation is 2. The number of anilines is 2. The molecule has 0 saturated heterocycles. The average Bonchev–Trinajstić information content (AvgIpc) is 3.46. The van der Waals surface area contributed by atoms with Gasteiger partial charge in [0.05, 0.1) is 39.2 Å². The molecule has 244 valence electrons. The van der Waals surface area contributed by atoms with E-state index in [-0.39, 0.29) is 36.0 Å². The second kappa shape index (κ2) is 13.9. The first-order chi connectivity index (χ1) is 20.3. The summed E-state index contributed by atoms with van der Waals surface area (Å²) in [7, 11) is -16.7. The number of aromatic nitrogens is 3. The zero-order valence-corrected chi connectivity index (χ0v) is 26.9. The fourth-order valence-electron chi connectivity index (χ4n) is 3.49. The number of benzene rings is 1. The Labute approximate surface area is 256 Å². The fraction of sp³-hybridized carbons (Fsp3) is 0.400. The summed E-state index contributed by atoms with van der Waals surface area (Å²) in [6.07, 6.45) is 0.774. The smallest absolute Gasteiger partial charge is 0.294 e. The van der Waals surface area contributed by atoms with Crippen LogP contribution in [0.1, 0.15) is 18.5 Å². The topological polar surface area (TPSA) is 290 Å². The Bertz CT molecular complexity index is 1920. The molecule has 3 aromatic rings. The molecule has 0 aliphatic carbocycles. The molecule has 5 N–H and O–H groups in total. The predicted octanol–water partition coefficient (Wildman–Crippen LogP) is 2.33. The highest BCUT2D eigenvalue weighted by molar-refractivity contribution is 7.99. The van der Waals surface area contributed by atoms with Gasteiger partial charge in [0, 0.05) is 18.9 Å². The Morgan fingerprint density at radius 2 is 1.55 bits per heavy atom. The molecular weight excluding hydrogens is 691 g/mol. The summed E-state index contributed by atoms with van der Waals surface area (Å²) >= 11 is 1.26. The minimum absolute atomic E-state index is 0.114. The molecule has 0 aliphatic heterocycles. The molecule has 0 bridgehead atoms. The van der Waals surface area contributed by atoms with Crippen LogP contribution in [0.2, 0.25) is 0 Å². The summed E-state index contributed by atoms with van der Waals surface area (Å²) in [6, 6.07) is 3.31. The zero-order chi connectivity index (χ0) is 32.9. The highest BCUT2D eigenvalue weighted by Gasteiger charge is 2.22. The van der Waals surface area contributed by atoms with E-state index in [2.05, 4.69) is 25.8 Å². The number of hydrogen-bond donors (Lipinski definition) is 5. The van der Waals surface area contributed by atoms with Gasteiger partial charge in [-0.25, -0.2) is 13.1 Å². The van der Waals surface area contributed by atoms with Crippen molar-refractivity contribution >= 4 is 75.2 Å². The Morgan fingerprint density at radius 1 is 0.909 bits per heavy atom. The van der Waals surface area contributed by atoms with Gasteiger partial charge in [0.2, 0.25) is 15.8 Å². The number of azo groups is 1. The van der Waals surface area contributed by atoms with Crippen LogP contribution in [0.5, 0.6) is 0 Å². The van der Waals surface area contributed by atoms with Crippen LogP contribution in [0.15, 0.2) is 53.9 Å². The maximum absolute atomic E-state index is 12.8. The molecule has 0 spiro atoms. The van der Waals surface area contributed by atoms with Gasteiger partial charge in [0.1, 0.15) is 0 Å². The van der Waals surface area contributed by atoms with E-state index >= 15 is 0 Å². The normalized spacial score (nSPS) is 13.0. The van der Waals surface area contributed by atoms with E-state index in [1.807, 2.05) is 4.72 Å². The SMILES string of the molecule is CNc1c(N=Nc2cc(SCCCCS(=O)(=O)O)on2)c(C)nn1CCS(=O)(=O)Nc1cc(S(=O)(=O)O)cc(S(=O)(=O)O)c1. The van der Waals surface area contributed by atoms with E-state index < -0.39 is 61.6 Å². The Morgan fingerprint density at radius 3 is 2.11 bits per heavy atom. The number of hydrogen-bond acceptors (Lipinski definition) is 15. The van der Waals surface area contributed by atoms with Crippen molar-refractivity contribution in [1.82, 2.24) is 14.9 Å². The summed E-state index contributed by atoms with van der Waals surface area (Å²) in [6.45, 7) is 1.33. The predicted molar refractivity (Wildman–Crippen MR) is 157 cm³/mol. The van der Waals surface area contributed by atoms with Crippen molar-refractivity contribution in [3.63, 3.8) is 0 Å². The van der Waals surface area contributed by atoms with E-state index in [0.29, 0.717) is 41.2 Å². The van der Waals surface area contributed by atoms with Crippen molar-refractivity contribution in [2.75, 3.05) is 34.3 Å². The van der Waals surface area contributed by atoms with Gasteiger partial charge >= 0.3 is 0 Å². The number of nitrogens with one attached hydrogen (secondary N) is 2. The van der Waals surface area contributed by atoms with Gasteiger partial charge in [-0.05, 0) is 38.0 Å². The molecule has 2 aromatic heterocycles. The van der Waals surface area contributed by atoms with E-state index in [1.54, 1.807) is 6.92 Å². The second-order valence-corrected chi connectivity index (χ2v) is 16.2. The molecule has 19 nitrogen and oxygen atoms in total. The summed E-state index contributed by atoms with van der Waals surface area (Å²) in [4.78, 5) is -1.93. The molecular formula is C20H27N7O12S5. The first-order valence-corrected chi connectivity index (χ1v) is 19.2. The molecule has 24 heteroatoms. The van der Waals surface area contributed by atoms with Crippen LogP contribution in [-0.4, -0.2) is 86.6 Å². The minimum Gasteiger partial charge on any atom is -0.371 e. The molecule has 1 aromatic carbocycles. The maximum atomic E-state index is 12.8. The van der Waals surface area contributed by atoms with E-state index in [4.69, 9.17) is 9.08 Å². The molecule has 0 aliphatic rings. The van der Waals surface area contributed by atoms with Crippen molar-refractivity contribution < 1.29 is 51.9 Å². The van der Waals surface area contributed by atoms with E-state index in [9.17, 15) is 42.8 Å². The summed E-state index contributed by atoms with van der Waals surface area (Å²) in [5.74, 6) is -0.0776. The third-order valence-corrected chi connectivity index (χ3v) is 10.1. The third-order valence-electron chi connectivity index (χ3n) is 5.42. The van der Waals surface area contributed by atoms with Gasteiger partial charge in [-0.1, -0.05) is 16.9 Å². The summed E-state index contributed by atoms with van der Waals surface area (Å²) in [5.41, 5.74) is 0.0638. The number of sulfonamides is 1. The van der Waals surface area contributed by atoms with Gasteiger partial charge in [-0.15, -0.1) is 10.2 Å². The molecule has 3 rings (SSSR count). The highest BCUT2D eigenvalue weighted by Crippen LogP contribution is 2.32. The van der Waals surface area contributed by atoms with Crippen LogP contribution in [0.4, 0.5) is 23.0 Å². The first-order valence-electron chi connectivity index (χ1n) is 12.1. The molecule has 0 radical (unpaired) electrons. The summed E-state index contributed by atoms with van der Waals surface area (Å²) in [5, 5.41) is 19.4. The molecule has 0 saturated carbocycles. The van der Waals surface area contributed by atoms with Crippen LogP contribution in [-0.2, 0) is 46.9 Å². The van der Waals surface area contributed by atoms with Gasteiger partial charge in [0.15, 0.2) is 16.6 Å². The Kier molecular flexibility index (Phi) is 11.2. The number of nitrogens with zero attached hydrogens (tertiary/aromatic N) is 5. The van der Waals surface area contributed by atoms with Gasteiger partial charge < -0.3 is 9.84 Å². The van der Waals surface area contributed by atoms with Crippen LogP contribution in [0, 0.1) is 6.92 Å². The lowest BCUT2D eigenvalue weighted by Gasteiger charge is -2.12. The molecule has 0 unspecified atom stereocenters. The van der Waals surface area contributed by atoms with Crippen LogP contribution in [0.25, 0.3) is 0 Å². The van der Waals surface area contributed by atoms with E-state index in [1.165, 1.54) is 29.6 Å². The largest absolute Gasteiger partial charge is 0.371 e. The van der Waals surface area contributed by atoms with Crippen molar-refractivity contribution in [3.05, 3.63) is 30.0 Å². The molecule has 0 atom stereocenters. The fourth-order valence-corrected chi connectivity index (χ4v) is 7.06. The quantitative estimate of drug-likeness (QED) is 0.0615. The van der Waals surface area contributed by atoms with Gasteiger partial charge in [0.25, 0.3) is 30.4 Å². The lowest BCUT2D eigenvalue weighted by molar-refractivity contribution is 0.351. The lowest BCUT2D eigenvalue weighted by atomic mass is 10.3. The van der Waals surface area contributed by atoms with Crippen molar-refractivity contribution in [1.29, 1.82) is 0 Å².